The summed E-state index contributed by atoms with van der Waals surface area (Å²) in [7, 11) is 0. The molecule has 0 saturated carbocycles. The molecule has 1 aromatic heterocycles. The van der Waals surface area contributed by atoms with Crippen LogP contribution in [0.2, 0.25) is 0 Å². The normalized spacial score (nSPS) is 13.1. The molecule has 0 fully saturated rings. The lowest BCUT2D eigenvalue weighted by Crippen LogP contribution is -2.37. The van der Waals surface area contributed by atoms with Crippen LogP contribution in [-0.2, 0) is 6.54 Å². The van der Waals surface area contributed by atoms with Gasteiger partial charge < -0.3 is 15.3 Å². The van der Waals surface area contributed by atoms with Crippen LogP contribution >= 0.6 is 0 Å². The van der Waals surface area contributed by atoms with Crippen molar-refractivity contribution >= 4 is 0 Å². The van der Waals surface area contributed by atoms with Crippen LogP contribution in [0.1, 0.15) is 20.3 Å². The maximum Gasteiger partial charge on any atom is 0.0860 e. The van der Waals surface area contributed by atoms with Gasteiger partial charge in [-0.2, -0.15) is 5.10 Å². The van der Waals surface area contributed by atoms with Crippen molar-refractivity contribution in [2.45, 2.75) is 32.9 Å². The summed E-state index contributed by atoms with van der Waals surface area (Å²) in [5.74, 6) is 0. The van der Waals surface area contributed by atoms with Gasteiger partial charge >= 0.3 is 0 Å². The van der Waals surface area contributed by atoms with E-state index >= 15 is 0 Å². The number of aromatic nitrogens is 2. The van der Waals surface area contributed by atoms with E-state index in [1.54, 1.807) is 10.9 Å². The van der Waals surface area contributed by atoms with Crippen LogP contribution in [0.4, 0.5) is 0 Å². The van der Waals surface area contributed by atoms with E-state index in [9.17, 15) is 5.11 Å². The lowest BCUT2D eigenvalue weighted by atomic mass is 10.3. The molecule has 1 aromatic rings. The van der Waals surface area contributed by atoms with Gasteiger partial charge in [0.1, 0.15) is 0 Å². The van der Waals surface area contributed by atoms with Crippen LogP contribution in [0.3, 0.4) is 0 Å². The van der Waals surface area contributed by atoms with Gasteiger partial charge in [0.2, 0.25) is 0 Å². The fourth-order valence-corrected chi connectivity index (χ4v) is 1.94. The number of nitrogens with zero attached hydrogens (tertiary/aromatic N) is 3. The highest BCUT2D eigenvalue weighted by Gasteiger charge is 2.05. The average molecular weight is 254 g/mol. The summed E-state index contributed by atoms with van der Waals surface area (Å²) >= 11 is 0. The molecule has 1 unspecified atom stereocenters. The van der Waals surface area contributed by atoms with Crippen molar-refractivity contribution < 1.29 is 5.11 Å². The Hall–Kier alpha value is -0.910. The van der Waals surface area contributed by atoms with Crippen LogP contribution in [0.15, 0.2) is 18.5 Å². The monoisotopic (exact) mass is 254 g/mol. The lowest BCUT2D eigenvalue weighted by molar-refractivity contribution is 0.145. The number of hydrogen-bond acceptors (Lipinski definition) is 4. The molecule has 2 N–H and O–H groups in total. The second-order valence-corrected chi connectivity index (χ2v) is 4.52. The first-order chi connectivity index (χ1) is 8.76. The maximum absolute atomic E-state index is 9.81. The minimum Gasteiger partial charge on any atom is -0.390 e. The highest BCUT2D eigenvalue weighted by Crippen LogP contribution is 1.91. The molecule has 0 amide bonds. The molecule has 1 atom stereocenters. The summed E-state index contributed by atoms with van der Waals surface area (Å²) in [6, 6.07) is 1.87. The van der Waals surface area contributed by atoms with Gasteiger partial charge in [0.15, 0.2) is 0 Å². The molecule has 104 valence electrons. The van der Waals surface area contributed by atoms with Crippen LogP contribution in [-0.4, -0.2) is 58.6 Å². The number of hydrogen-bond donors (Lipinski definition) is 2. The first-order valence-electron chi connectivity index (χ1n) is 6.84. The van der Waals surface area contributed by atoms with Crippen molar-refractivity contribution in [2.24, 2.45) is 0 Å². The third-order valence-electron chi connectivity index (χ3n) is 2.93. The van der Waals surface area contributed by atoms with E-state index in [1.165, 1.54) is 6.42 Å². The van der Waals surface area contributed by atoms with Crippen molar-refractivity contribution in [1.82, 2.24) is 20.0 Å². The topological polar surface area (TPSA) is 53.3 Å². The molecule has 5 heteroatoms. The van der Waals surface area contributed by atoms with E-state index in [-0.39, 0.29) is 6.10 Å². The second-order valence-electron chi connectivity index (χ2n) is 4.52. The summed E-state index contributed by atoms with van der Waals surface area (Å²) in [5.41, 5.74) is 0. The van der Waals surface area contributed by atoms with E-state index in [0.29, 0.717) is 13.1 Å². The second kappa shape index (κ2) is 9.08. The Morgan fingerprint density at radius 3 is 2.83 bits per heavy atom. The SMILES string of the molecule is CCCN(CC)CCNCC(O)Cn1cccn1. The first kappa shape index (κ1) is 15.1. The minimum atomic E-state index is -0.383. The van der Waals surface area contributed by atoms with Gasteiger partial charge in [0, 0.05) is 32.0 Å². The Labute approximate surface area is 110 Å². The van der Waals surface area contributed by atoms with Gasteiger partial charge in [-0.3, -0.25) is 4.68 Å². The number of aliphatic hydroxyl groups excluding tert-OH is 1. The Morgan fingerprint density at radius 2 is 2.22 bits per heavy atom. The van der Waals surface area contributed by atoms with E-state index in [2.05, 4.69) is 29.2 Å². The fourth-order valence-electron chi connectivity index (χ4n) is 1.94. The fraction of sp³-hybridized carbons (Fsp3) is 0.769. The lowest BCUT2D eigenvalue weighted by Gasteiger charge is -2.20. The summed E-state index contributed by atoms with van der Waals surface area (Å²) in [4.78, 5) is 2.41. The van der Waals surface area contributed by atoms with E-state index in [1.807, 2.05) is 12.3 Å². The molecule has 0 saturated heterocycles. The standard InChI is InChI=1S/C13H26N4O/c1-3-8-16(4-2)10-7-14-11-13(18)12-17-9-5-6-15-17/h5-6,9,13-14,18H,3-4,7-8,10-12H2,1-2H3. The van der Waals surface area contributed by atoms with Crippen LogP contribution in [0, 0.1) is 0 Å². The van der Waals surface area contributed by atoms with Crippen LogP contribution in [0.25, 0.3) is 0 Å². The first-order valence-corrected chi connectivity index (χ1v) is 6.84. The molecule has 0 radical (unpaired) electrons. The number of likely N-dealkylation sites (N-methyl/N-ethyl adjacent to an activating group) is 1. The Morgan fingerprint density at radius 1 is 1.39 bits per heavy atom. The zero-order valence-corrected chi connectivity index (χ0v) is 11.5. The number of aliphatic hydroxyl groups is 1. The molecule has 1 rings (SSSR count). The molecule has 0 spiro atoms. The van der Waals surface area contributed by atoms with E-state index in [0.717, 1.165) is 26.2 Å². The highest BCUT2D eigenvalue weighted by molar-refractivity contribution is 4.78. The Bertz CT molecular complexity index is 289. The van der Waals surface area contributed by atoms with Crippen LogP contribution < -0.4 is 5.32 Å². The average Bonchev–Trinajstić information content (AvgIpc) is 2.85. The summed E-state index contributed by atoms with van der Waals surface area (Å²) in [6.45, 7) is 9.74. The summed E-state index contributed by atoms with van der Waals surface area (Å²) < 4.78 is 1.75. The smallest absolute Gasteiger partial charge is 0.0860 e. The Kier molecular flexibility index (Phi) is 7.64. The molecule has 0 aliphatic carbocycles. The molecule has 0 aliphatic heterocycles. The molecule has 0 aliphatic rings. The van der Waals surface area contributed by atoms with Gasteiger partial charge in [-0.05, 0) is 25.6 Å². The van der Waals surface area contributed by atoms with Crippen molar-refractivity contribution in [2.75, 3.05) is 32.7 Å². The number of nitrogens with one attached hydrogen (secondary N) is 1. The van der Waals surface area contributed by atoms with Crippen molar-refractivity contribution in [3.05, 3.63) is 18.5 Å². The molecule has 5 nitrogen and oxygen atoms in total. The Balaban J connectivity index is 2.06. The third kappa shape index (κ3) is 6.14. The van der Waals surface area contributed by atoms with E-state index in [4.69, 9.17) is 0 Å². The molecular weight excluding hydrogens is 228 g/mol. The van der Waals surface area contributed by atoms with Gasteiger partial charge in [-0.25, -0.2) is 0 Å². The van der Waals surface area contributed by atoms with Gasteiger partial charge in [-0.15, -0.1) is 0 Å². The molecule has 18 heavy (non-hydrogen) atoms. The zero-order chi connectivity index (χ0) is 13.2. The number of rotatable bonds is 10. The predicted octanol–water partition coefficient (Wildman–Crippen LogP) is 0.566. The minimum absolute atomic E-state index is 0.383. The van der Waals surface area contributed by atoms with Crippen molar-refractivity contribution in [3.8, 4) is 0 Å². The quantitative estimate of drug-likeness (QED) is 0.599. The summed E-state index contributed by atoms with van der Waals surface area (Å²) in [6.07, 6.45) is 4.40. The molecular formula is C13H26N4O. The third-order valence-corrected chi connectivity index (χ3v) is 2.93. The van der Waals surface area contributed by atoms with Crippen molar-refractivity contribution in [1.29, 1.82) is 0 Å². The van der Waals surface area contributed by atoms with Crippen molar-refractivity contribution in [3.63, 3.8) is 0 Å². The highest BCUT2D eigenvalue weighted by atomic mass is 16.3. The van der Waals surface area contributed by atoms with Crippen LogP contribution in [0.5, 0.6) is 0 Å². The van der Waals surface area contributed by atoms with Gasteiger partial charge in [0.25, 0.3) is 0 Å². The van der Waals surface area contributed by atoms with Gasteiger partial charge in [-0.1, -0.05) is 13.8 Å². The molecule has 0 aromatic carbocycles. The zero-order valence-electron chi connectivity index (χ0n) is 11.5. The maximum atomic E-state index is 9.81. The predicted molar refractivity (Wildman–Crippen MR) is 73.5 cm³/mol. The van der Waals surface area contributed by atoms with E-state index < -0.39 is 0 Å². The van der Waals surface area contributed by atoms with Gasteiger partial charge in [0.05, 0.1) is 12.6 Å². The summed E-state index contributed by atoms with van der Waals surface area (Å²) in [5, 5.41) is 17.2. The largest absolute Gasteiger partial charge is 0.390 e. The molecule has 0 bridgehead atoms. The molecule has 1 heterocycles.